The standard InChI is InChI=1S/C9H22N2.C2H6/c1-8(2)11(6)7-9(3)10(4)5;1-2/h8-9H,7H2,1-6H3;1-2H3. The van der Waals surface area contributed by atoms with Gasteiger partial charge in [0.2, 0.25) is 0 Å². The van der Waals surface area contributed by atoms with Crippen molar-refractivity contribution in [2.45, 2.75) is 46.7 Å². The van der Waals surface area contributed by atoms with Gasteiger partial charge in [0, 0.05) is 18.6 Å². The summed E-state index contributed by atoms with van der Waals surface area (Å²) in [6, 6.07) is 1.29. The van der Waals surface area contributed by atoms with Crippen LogP contribution >= 0.6 is 0 Å². The van der Waals surface area contributed by atoms with Crippen molar-refractivity contribution in [3.63, 3.8) is 0 Å². The Hall–Kier alpha value is -0.0800. The van der Waals surface area contributed by atoms with Crippen LogP contribution in [0.25, 0.3) is 0 Å². The molecule has 1 unspecified atom stereocenters. The molecule has 82 valence electrons. The summed E-state index contributed by atoms with van der Waals surface area (Å²) in [5.41, 5.74) is 0. The van der Waals surface area contributed by atoms with Gasteiger partial charge < -0.3 is 9.80 Å². The van der Waals surface area contributed by atoms with Crippen molar-refractivity contribution < 1.29 is 0 Å². The van der Waals surface area contributed by atoms with E-state index in [0.29, 0.717) is 12.1 Å². The topological polar surface area (TPSA) is 6.48 Å². The number of rotatable bonds is 4. The summed E-state index contributed by atoms with van der Waals surface area (Å²) in [5.74, 6) is 0. The molecule has 0 aliphatic heterocycles. The second-order valence-corrected chi connectivity index (χ2v) is 3.85. The minimum Gasteiger partial charge on any atom is -0.305 e. The number of likely N-dealkylation sites (N-methyl/N-ethyl adjacent to an activating group) is 2. The third-order valence-corrected chi connectivity index (χ3v) is 2.32. The van der Waals surface area contributed by atoms with E-state index in [2.05, 4.69) is 51.7 Å². The lowest BCUT2D eigenvalue weighted by Crippen LogP contribution is -2.39. The minimum atomic E-state index is 0.641. The molecule has 0 fully saturated rings. The molecule has 0 spiro atoms. The van der Waals surface area contributed by atoms with Gasteiger partial charge >= 0.3 is 0 Å². The molecule has 2 heteroatoms. The highest BCUT2D eigenvalue weighted by Crippen LogP contribution is 1.98. The van der Waals surface area contributed by atoms with Crippen molar-refractivity contribution in [2.75, 3.05) is 27.7 Å². The van der Waals surface area contributed by atoms with E-state index in [4.69, 9.17) is 0 Å². The first kappa shape index (κ1) is 15.4. The molecule has 2 nitrogen and oxygen atoms in total. The highest BCUT2D eigenvalue weighted by Gasteiger charge is 2.09. The second kappa shape index (κ2) is 8.52. The van der Waals surface area contributed by atoms with Gasteiger partial charge in [0.25, 0.3) is 0 Å². The van der Waals surface area contributed by atoms with Gasteiger partial charge in [0.05, 0.1) is 0 Å². The summed E-state index contributed by atoms with van der Waals surface area (Å²) < 4.78 is 0. The Morgan fingerprint density at radius 2 is 1.31 bits per heavy atom. The summed E-state index contributed by atoms with van der Waals surface area (Å²) in [6.45, 7) is 11.8. The van der Waals surface area contributed by atoms with Crippen LogP contribution in [0.15, 0.2) is 0 Å². The largest absolute Gasteiger partial charge is 0.305 e. The van der Waals surface area contributed by atoms with E-state index in [9.17, 15) is 0 Å². The molecule has 0 aliphatic rings. The lowest BCUT2D eigenvalue weighted by molar-refractivity contribution is 0.192. The third kappa shape index (κ3) is 8.26. The maximum atomic E-state index is 2.37. The molecule has 0 amide bonds. The number of hydrogen-bond acceptors (Lipinski definition) is 2. The summed E-state index contributed by atoms with van der Waals surface area (Å²) in [4.78, 5) is 4.61. The van der Waals surface area contributed by atoms with Crippen LogP contribution in [0.3, 0.4) is 0 Å². The van der Waals surface area contributed by atoms with Crippen molar-refractivity contribution in [3.8, 4) is 0 Å². The maximum Gasteiger partial charge on any atom is 0.0188 e. The van der Waals surface area contributed by atoms with Gasteiger partial charge in [0.1, 0.15) is 0 Å². The summed E-state index contributed by atoms with van der Waals surface area (Å²) in [7, 11) is 6.42. The first-order valence-corrected chi connectivity index (χ1v) is 5.31. The van der Waals surface area contributed by atoms with Gasteiger partial charge in [-0.15, -0.1) is 0 Å². The first-order valence-electron chi connectivity index (χ1n) is 5.31. The van der Waals surface area contributed by atoms with E-state index < -0.39 is 0 Å². The van der Waals surface area contributed by atoms with Crippen LogP contribution in [0.5, 0.6) is 0 Å². The molecule has 0 aliphatic carbocycles. The van der Waals surface area contributed by atoms with Crippen LogP contribution in [-0.4, -0.2) is 49.6 Å². The van der Waals surface area contributed by atoms with E-state index >= 15 is 0 Å². The Morgan fingerprint density at radius 3 is 1.54 bits per heavy atom. The van der Waals surface area contributed by atoms with Gasteiger partial charge in [-0.1, -0.05) is 13.8 Å². The second-order valence-electron chi connectivity index (χ2n) is 3.85. The van der Waals surface area contributed by atoms with Crippen molar-refractivity contribution in [1.82, 2.24) is 9.80 Å². The molecule has 0 heterocycles. The monoisotopic (exact) mass is 188 g/mol. The van der Waals surface area contributed by atoms with Crippen molar-refractivity contribution in [2.24, 2.45) is 0 Å². The molecule has 0 aromatic rings. The zero-order valence-corrected chi connectivity index (χ0v) is 10.8. The Balaban J connectivity index is 0. The van der Waals surface area contributed by atoms with Crippen molar-refractivity contribution in [3.05, 3.63) is 0 Å². The zero-order chi connectivity index (χ0) is 11.0. The van der Waals surface area contributed by atoms with Crippen LogP contribution in [0.2, 0.25) is 0 Å². The molecule has 13 heavy (non-hydrogen) atoms. The highest BCUT2D eigenvalue weighted by molar-refractivity contribution is 4.66. The molecule has 0 rings (SSSR count). The van der Waals surface area contributed by atoms with Gasteiger partial charge in [-0.25, -0.2) is 0 Å². The predicted molar refractivity (Wildman–Crippen MR) is 62.3 cm³/mol. The van der Waals surface area contributed by atoms with Gasteiger partial charge in [-0.2, -0.15) is 0 Å². The maximum absolute atomic E-state index is 2.37. The first-order chi connectivity index (χ1) is 5.95. The quantitative estimate of drug-likeness (QED) is 0.668. The van der Waals surface area contributed by atoms with E-state index in [1.807, 2.05) is 13.8 Å². The zero-order valence-electron chi connectivity index (χ0n) is 10.8. The SMILES string of the molecule is CC.CC(CN(C)C(C)C)N(C)C. The molecule has 0 saturated heterocycles. The van der Waals surface area contributed by atoms with Gasteiger partial charge in [0.15, 0.2) is 0 Å². The average Bonchev–Trinajstić information content (AvgIpc) is 2.07. The fraction of sp³-hybridized carbons (Fsp3) is 1.00. The van der Waals surface area contributed by atoms with Gasteiger partial charge in [-0.3, -0.25) is 0 Å². The average molecular weight is 188 g/mol. The Bertz CT molecular complexity index is 88.3. The minimum absolute atomic E-state index is 0.641. The van der Waals surface area contributed by atoms with Crippen molar-refractivity contribution in [1.29, 1.82) is 0 Å². The molecule has 0 aromatic heterocycles. The van der Waals surface area contributed by atoms with Crippen LogP contribution in [-0.2, 0) is 0 Å². The van der Waals surface area contributed by atoms with Gasteiger partial charge in [-0.05, 0) is 41.9 Å². The fourth-order valence-corrected chi connectivity index (χ4v) is 0.791. The predicted octanol–water partition coefficient (Wildman–Crippen LogP) is 2.30. The Labute approximate surface area is 84.9 Å². The molecular formula is C11H28N2. The molecule has 0 radical (unpaired) electrons. The lowest BCUT2D eigenvalue weighted by Gasteiger charge is -2.28. The summed E-state index contributed by atoms with van der Waals surface area (Å²) in [5, 5.41) is 0. The normalized spacial score (nSPS) is 13.2. The Kier molecular flexibility index (Phi) is 10.1. The van der Waals surface area contributed by atoms with Crippen LogP contribution in [0.1, 0.15) is 34.6 Å². The molecule has 0 N–H and O–H groups in total. The van der Waals surface area contributed by atoms with E-state index in [1.165, 1.54) is 0 Å². The van der Waals surface area contributed by atoms with E-state index in [-0.39, 0.29) is 0 Å². The van der Waals surface area contributed by atoms with E-state index in [1.54, 1.807) is 0 Å². The third-order valence-electron chi connectivity index (χ3n) is 2.32. The van der Waals surface area contributed by atoms with E-state index in [0.717, 1.165) is 6.54 Å². The smallest absolute Gasteiger partial charge is 0.0188 e. The fourth-order valence-electron chi connectivity index (χ4n) is 0.791. The van der Waals surface area contributed by atoms with Crippen molar-refractivity contribution >= 4 is 0 Å². The summed E-state index contributed by atoms with van der Waals surface area (Å²) >= 11 is 0. The lowest BCUT2D eigenvalue weighted by atomic mass is 10.2. The highest BCUT2D eigenvalue weighted by atomic mass is 15.2. The molecule has 0 aromatic carbocycles. The molecule has 1 atom stereocenters. The molecule has 0 saturated carbocycles. The number of nitrogens with zero attached hydrogens (tertiary/aromatic N) is 2. The van der Waals surface area contributed by atoms with Crippen LogP contribution in [0.4, 0.5) is 0 Å². The number of hydrogen-bond donors (Lipinski definition) is 0. The van der Waals surface area contributed by atoms with Crippen LogP contribution < -0.4 is 0 Å². The van der Waals surface area contributed by atoms with Crippen LogP contribution in [0, 0.1) is 0 Å². The Morgan fingerprint density at radius 1 is 0.923 bits per heavy atom. The summed E-state index contributed by atoms with van der Waals surface area (Å²) in [6.07, 6.45) is 0. The molecular weight excluding hydrogens is 160 g/mol. The molecule has 0 bridgehead atoms.